The van der Waals surface area contributed by atoms with Crippen molar-refractivity contribution in [1.82, 2.24) is 4.98 Å². The van der Waals surface area contributed by atoms with Crippen molar-refractivity contribution in [2.75, 3.05) is 5.32 Å². The number of amides is 1. The molecule has 1 unspecified atom stereocenters. The summed E-state index contributed by atoms with van der Waals surface area (Å²) in [6, 6.07) is 0. The van der Waals surface area contributed by atoms with Gasteiger partial charge in [0.1, 0.15) is 10.2 Å². The number of rotatable bonds is 3. The van der Waals surface area contributed by atoms with Crippen LogP contribution >= 0.6 is 27.3 Å². The van der Waals surface area contributed by atoms with E-state index in [0.717, 1.165) is 0 Å². The number of nitrogens with one attached hydrogen (secondary N) is 1. The van der Waals surface area contributed by atoms with E-state index >= 15 is 0 Å². The Hall–Kier alpha value is -0.660. The molecule has 2 N–H and O–H groups in total. The molecule has 108 valence electrons. The molecular weight excluding hydrogens is 332 g/mol. The molecule has 0 aliphatic carbocycles. The highest BCUT2D eigenvalue weighted by Gasteiger charge is 2.22. The molecule has 1 atom stereocenters. The number of ether oxygens (including phenoxy) is 1. The fourth-order valence-electron chi connectivity index (χ4n) is 1.24. The zero-order valence-corrected chi connectivity index (χ0v) is 14.1. The van der Waals surface area contributed by atoms with Gasteiger partial charge in [-0.2, -0.15) is 0 Å². The lowest BCUT2D eigenvalue weighted by Gasteiger charge is -2.18. The fourth-order valence-corrected chi connectivity index (χ4v) is 3.02. The van der Waals surface area contributed by atoms with Crippen LogP contribution in [0.4, 0.5) is 9.93 Å². The lowest BCUT2D eigenvalue weighted by atomic mass is 10.1. The van der Waals surface area contributed by atoms with Crippen molar-refractivity contribution in [2.45, 2.75) is 46.3 Å². The van der Waals surface area contributed by atoms with Crippen LogP contribution in [0, 0.1) is 5.92 Å². The monoisotopic (exact) mass is 350 g/mol. The third kappa shape index (κ3) is 5.08. The Bertz CT molecular complexity index is 454. The molecule has 1 rings (SSSR count). The first-order valence-corrected chi connectivity index (χ1v) is 7.55. The van der Waals surface area contributed by atoms with Gasteiger partial charge in [0, 0.05) is 0 Å². The third-order valence-electron chi connectivity index (χ3n) is 2.12. The molecule has 1 aromatic heterocycles. The molecular formula is C12H19BrN2O3S. The van der Waals surface area contributed by atoms with Gasteiger partial charge in [-0.3, -0.25) is 5.32 Å². The summed E-state index contributed by atoms with van der Waals surface area (Å²) in [7, 11) is 0. The van der Waals surface area contributed by atoms with E-state index in [-0.39, 0.29) is 5.92 Å². The van der Waals surface area contributed by atoms with Gasteiger partial charge >= 0.3 is 6.09 Å². The highest BCUT2D eigenvalue weighted by Crippen LogP contribution is 2.35. The topological polar surface area (TPSA) is 71.5 Å². The predicted octanol–water partition coefficient (Wildman–Crippen LogP) is 3.94. The second kappa shape index (κ2) is 6.19. The summed E-state index contributed by atoms with van der Waals surface area (Å²) in [4.78, 5) is 16.5. The maximum Gasteiger partial charge on any atom is 0.413 e. The van der Waals surface area contributed by atoms with Crippen LogP contribution in [-0.4, -0.2) is 21.8 Å². The van der Waals surface area contributed by atoms with Crippen LogP contribution in [0.1, 0.15) is 45.6 Å². The minimum Gasteiger partial charge on any atom is -0.444 e. The van der Waals surface area contributed by atoms with Gasteiger partial charge in [0.05, 0.1) is 11.0 Å². The standard InChI is InChI=1S/C12H19BrN2O3S/c1-6(2)7(16)8-9(13)14-10(19-8)15-11(17)18-12(3,4)5/h6-7,16H,1-5H3,(H,14,15,17). The zero-order chi connectivity index (χ0) is 14.8. The van der Waals surface area contributed by atoms with Crippen LogP contribution in [0.2, 0.25) is 0 Å². The van der Waals surface area contributed by atoms with Gasteiger partial charge in [-0.05, 0) is 42.6 Å². The quantitative estimate of drug-likeness (QED) is 0.865. The van der Waals surface area contributed by atoms with Crippen molar-refractivity contribution >= 4 is 38.5 Å². The maximum absolute atomic E-state index is 11.6. The summed E-state index contributed by atoms with van der Waals surface area (Å²) in [5, 5.41) is 13.0. The number of carbonyl (C=O) groups excluding carboxylic acids is 1. The molecule has 0 spiro atoms. The van der Waals surface area contributed by atoms with Crippen LogP contribution in [0.25, 0.3) is 0 Å². The minimum absolute atomic E-state index is 0.0751. The Morgan fingerprint density at radius 3 is 2.53 bits per heavy atom. The molecule has 1 amide bonds. The van der Waals surface area contributed by atoms with Crippen molar-refractivity contribution in [3.05, 3.63) is 9.48 Å². The summed E-state index contributed by atoms with van der Waals surface area (Å²) in [5.41, 5.74) is -0.557. The van der Waals surface area contributed by atoms with Crippen LogP contribution in [-0.2, 0) is 4.74 Å². The van der Waals surface area contributed by atoms with Crippen LogP contribution in [0.15, 0.2) is 4.60 Å². The largest absolute Gasteiger partial charge is 0.444 e. The summed E-state index contributed by atoms with van der Waals surface area (Å²) < 4.78 is 5.68. The van der Waals surface area contributed by atoms with Crippen molar-refractivity contribution in [3.8, 4) is 0 Å². The van der Waals surface area contributed by atoms with E-state index in [2.05, 4.69) is 26.2 Å². The third-order valence-corrected chi connectivity index (χ3v) is 4.03. The Morgan fingerprint density at radius 2 is 2.05 bits per heavy atom. The average Bonchev–Trinajstić information content (AvgIpc) is 2.54. The van der Waals surface area contributed by atoms with Gasteiger partial charge in [-0.1, -0.05) is 25.2 Å². The van der Waals surface area contributed by atoms with Crippen molar-refractivity contribution in [1.29, 1.82) is 0 Å². The summed E-state index contributed by atoms with van der Waals surface area (Å²) >= 11 is 4.51. The SMILES string of the molecule is CC(C)C(O)c1sc(NC(=O)OC(C)(C)C)nc1Br. The molecule has 1 heterocycles. The number of aliphatic hydroxyl groups is 1. The second-order valence-electron chi connectivity index (χ2n) is 5.49. The first kappa shape index (κ1) is 16.4. The maximum atomic E-state index is 11.6. The molecule has 0 saturated carbocycles. The highest BCUT2D eigenvalue weighted by molar-refractivity contribution is 9.10. The van der Waals surface area contributed by atoms with E-state index in [1.807, 2.05) is 13.8 Å². The van der Waals surface area contributed by atoms with Gasteiger partial charge < -0.3 is 9.84 Å². The van der Waals surface area contributed by atoms with Gasteiger partial charge in [-0.25, -0.2) is 9.78 Å². The van der Waals surface area contributed by atoms with E-state index in [0.29, 0.717) is 14.6 Å². The lowest BCUT2D eigenvalue weighted by molar-refractivity contribution is 0.0636. The number of halogens is 1. The molecule has 0 aromatic carbocycles. The molecule has 0 bridgehead atoms. The lowest BCUT2D eigenvalue weighted by Crippen LogP contribution is -2.27. The highest BCUT2D eigenvalue weighted by atomic mass is 79.9. The van der Waals surface area contributed by atoms with E-state index in [4.69, 9.17) is 4.74 Å². The normalized spacial score (nSPS) is 13.5. The van der Waals surface area contributed by atoms with E-state index < -0.39 is 17.8 Å². The summed E-state index contributed by atoms with van der Waals surface area (Å²) in [5.74, 6) is 0.0751. The second-order valence-corrected chi connectivity index (χ2v) is 7.27. The molecule has 7 heteroatoms. The minimum atomic E-state index is -0.610. The first-order chi connectivity index (χ1) is 8.60. The molecule has 0 saturated heterocycles. The smallest absolute Gasteiger partial charge is 0.413 e. The molecule has 0 radical (unpaired) electrons. The number of aliphatic hydroxyl groups excluding tert-OH is 1. The number of carbonyl (C=O) groups is 1. The molecule has 1 aromatic rings. The fraction of sp³-hybridized carbons (Fsp3) is 0.667. The van der Waals surface area contributed by atoms with Crippen LogP contribution in [0.3, 0.4) is 0 Å². The molecule has 0 aliphatic heterocycles. The molecule has 0 fully saturated rings. The first-order valence-electron chi connectivity index (χ1n) is 5.94. The Labute approximate surface area is 125 Å². The van der Waals surface area contributed by atoms with Crippen molar-refractivity contribution in [2.24, 2.45) is 5.92 Å². The summed E-state index contributed by atoms with van der Waals surface area (Å²) in [6.45, 7) is 9.20. The van der Waals surface area contributed by atoms with Gasteiger partial charge in [0.15, 0.2) is 5.13 Å². The number of nitrogens with zero attached hydrogens (tertiary/aromatic N) is 1. The van der Waals surface area contributed by atoms with Crippen molar-refractivity contribution < 1.29 is 14.6 Å². The Kier molecular flexibility index (Phi) is 5.34. The summed E-state index contributed by atoms with van der Waals surface area (Å²) in [6.07, 6.45) is -1.17. The van der Waals surface area contributed by atoms with Gasteiger partial charge in [0.2, 0.25) is 0 Å². The van der Waals surface area contributed by atoms with E-state index in [9.17, 15) is 9.90 Å². The van der Waals surface area contributed by atoms with Crippen LogP contribution < -0.4 is 5.32 Å². The predicted molar refractivity (Wildman–Crippen MR) is 79.5 cm³/mol. The van der Waals surface area contributed by atoms with Crippen LogP contribution in [0.5, 0.6) is 0 Å². The number of hydrogen-bond donors (Lipinski definition) is 2. The average molecular weight is 351 g/mol. The van der Waals surface area contributed by atoms with Gasteiger partial charge in [0.25, 0.3) is 0 Å². The Morgan fingerprint density at radius 1 is 1.47 bits per heavy atom. The molecule has 19 heavy (non-hydrogen) atoms. The zero-order valence-electron chi connectivity index (χ0n) is 11.7. The molecule has 0 aliphatic rings. The Balaban J connectivity index is 2.77. The number of anilines is 1. The molecule has 5 nitrogen and oxygen atoms in total. The number of hydrogen-bond acceptors (Lipinski definition) is 5. The van der Waals surface area contributed by atoms with E-state index in [1.54, 1.807) is 20.8 Å². The van der Waals surface area contributed by atoms with E-state index in [1.165, 1.54) is 11.3 Å². The van der Waals surface area contributed by atoms with Gasteiger partial charge in [-0.15, -0.1) is 0 Å². The number of thiazole rings is 1. The number of aromatic nitrogens is 1. The van der Waals surface area contributed by atoms with Crippen molar-refractivity contribution in [3.63, 3.8) is 0 Å².